The Bertz CT molecular complexity index is 1300. The number of carbonyl (C=O) groups excluding carboxylic acids is 1. The molecule has 1 aliphatic heterocycles. The van der Waals surface area contributed by atoms with Crippen LogP contribution in [0.4, 0.5) is 5.82 Å². The number of amides is 1. The summed E-state index contributed by atoms with van der Waals surface area (Å²) in [4.78, 5) is 17.3. The topological polar surface area (TPSA) is 87.5 Å². The SMILES string of the molecule is COc1ccc(CCC(=O)Nc2cc(C)nn2-c2nc(-c3ccc4c(c3)OCO4)cs2)cc1. The van der Waals surface area contributed by atoms with Gasteiger partial charge in [0.2, 0.25) is 17.8 Å². The molecule has 0 radical (unpaired) electrons. The van der Waals surface area contributed by atoms with E-state index >= 15 is 0 Å². The van der Waals surface area contributed by atoms with Gasteiger partial charge in [0.05, 0.1) is 18.5 Å². The van der Waals surface area contributed by atoms with Gasteiger partial charge in [0.15, 0.2) is 11.5 Å². The van der Waals surface area contributed by atoms with Crippen molar-refractivity contribution >= 4 is 23.1 Å². The molecule has 4 aromatic rings. The number of rotatable bonds is 7. The highest BCUT2D eigenvalue weighted by Gasteiger charge is 2.17. The van der Waals surface area contributed by atoms with Crippen LogP contribution in [0, 0.1) is 6.92 Å². The fourth-order valence-electron chi connectivity index (χ4n) is 3.54. The van der Waals surface area contributed by atoms with Gasteiger partial charge in [0, 0.05) is 23.4 Å². The Balaban J connectivity index is 1.29. The summed E-state index contributed by atoms with van der Waals surface area (Å²) >= 11 is 1.45. The summed E-state index contributed by atoms with van der Waals surface area (Å²) in [6.45, 7) is 2.12. The lowest BCUT2D eigenvalue weighted by molar-refractivity contribution is -0.116. The van der Waals surface area contributed by atoms with Gasteiger partial charge < -0.3 is 19.5 Å². The molecule has 1 N–H and O–H groups in total. The Hall–Kier alpha value is -3.85. The second kappa shape index (κ2) is 8.95. The number of hydrogen-bond donors (Lipinski definition) is 1. The number of nitrogens with zero attached hydrogens (tertiary/aromatic N) is 3. The molecule has 0 bridgehead atoms. The highest BCUT2D eigenvalue weighted by atomic mass is 32.1. The van der Waals surface area contributed by atoms with Crippen molar-refractivity contribution in [2.45, 2.75) is 19.8 Å². The highest BCUT2D eigenvalue weighted by Crippen LogP contribution is 2.36. The maximum atomic E-state index is 12.6. The van der Waals surface area contributed by atoms with E-state index in [1.807, 2.05) is 60.8 Å². The van der Waals surface area contributed by atoms with Gasteiger partial charge >= 0.3 is 0 Å². The zero-order valence-corrected chi connectivity index (χ0v) is 19.0. The molecule has 0 aliphatic carbocycles. The molecule has 9 heteroatoms. The molecule has 0 saturated carbocycles. The fourth-order valence-corrected chi connectivity index (χ4v) is 4.34. The number of fused-ring (bicyclic) bond motifs is 1. The van der Waals surface area contributed by atoms with Crippen molar-refractivity contribution in [3.63, 3.8) is 0 Å². The molecule has 0 saturated heterocycles. The number of anilines is 1. The third-order valence-corrected chi connectivity index (χ3v) is 6.06. The molecule has 8 nitrogen and oxygen atoms in total. The number of carbonyl (C=O) groups is 1. The van der Waals surface area contributed by atoms with Gasteiger partial charge in [-0.15, -0.1) is 11.3 Å². The Labute approximate surface area is 194 Å². The van der Waals surface area contributed by atoms with Crippen LogP contribution in [0.2, 0.25) is 0 Å². The molecule has 0 atom stereocenters. The number of methoxy groups -OCH3 is 1. The molecule has 1 amide bonds. The fraction of sp³-hybridized carbons (Fsp3) is 0.208. The number of nitrogens with one attached hydrogen (secondary N) is 1. The van der Waals surface area contributed by atoms with Crippen molar-refractivity contribution in [1.29, 1.82) is 0 Å². The Morgan fingerprint density at radius 3 is 2.79 bits per heavy atom. The quantitative estimate of drug-likeness (QED) is 0.432. The van der Waals surface area contributed by atoms with Gasteiger partial charge in [-0.3, -0.25) is 4.79 Å². The molecule has 2 aromatic carbocycles. The van der Waals surface area contributed by atoms with Crippen LogP contribution < -0.4 is 19.5 Å². The summed E-state index contributed by atoms with van der Waals surface area (Å²) in [6, 6.07) is 15.3. The van der Waals surface area contributed by atoms with Gasteiger partial charge in [0.25, 0.3) is 0 Å². The van der Waals surface area contributed by atoms with E-state index in [-0.39, 0.29) is 12.7 Å². The number of aryl methyl sites for hydroxylation is 2. The van der Waals surface area contributed by atoms with Crippen molar-refractivity contribution in [3.05, 3.63) is 65.2 Å². The van der Waals surface area contributed by atoms with Gasteiger partial charge in [-0.1, -0.05) is 12.1 Å². The molecule has 0 unspecified atom stereocenters. The van der Waals surface area contributed by atoms with E-state index < -0.39 is 0 Å². The van der Waals surface area contributed by atoms with Crippen molar-refractivity contribution in [2.24, 2.45) is 0 Å². The lowest BCUT2D eigenvalue weighted by Gasteiger charge is -2.07. The maximum Gasteiger partial charge on any atom is 0.231 e. The maximum absolute atomic E-state index is 12.6. The number of benzene rings is 2. The number of hydrogen-bond acceptors (Lipinski definition) is 7. The largest absolute Gasteiger partial charge is 0.497 e. The summed E-state index contributed by atoms with van der Waals surface area (Å²) in [5, 5.41) is 10.1. The molecule has 5 rings (SSSR count). The summed E-state index contributed by atoms with van der Waals surface area (Å²) in [7, 11) is 1.63. The minimum atomic E-state index is -0.0838. The van der Waals surface area contributed by atoms with Crippen LogP contribution in [0.15, 0.2) is 53.9 Å². The van der Waals surface area contributed by atoms with Crippen LogP contribution in [0.5, 0.6) is 17.2 Å². The first-order valence-electron chi connectivity index (χ1n) is 10.4. The Morgan fingerprint density at radius 2 is 1.97 bits per heavy atom. The Kier molecular flexibility index (Phi) is 5.70. The molecule has 1 aliphatic rings. The lowest BCUT2D eigenvalue weighted by Crippen LogP contribution is -2.15. The molecule has 33 heavy (non-hydrogen) atoms. The molecular weight excluding hydrogens is 440 g/mol. The van der Waals surface area contributed by atoms with Gasteiger partial charge in [0.1, 0.15) is 11.6 Å². The summed E-state index contributed by atoms with van der Waals surface area (Å²) < 4.78 is 17.7. The van der Waals surface area contributed by atoms with Gasteiger partial charge in [-0.25, -0.2) is 4.98 Å². The molecule has 0 fully saturated rings. The average Bonchev–Trinajstić information content (AvgIpc) is 3.57. The smallest absolute Gasteiger partial charge is 0.231 e. The van der Waals surface area contributed by atoms with E-state index in [2.05, 4.69) is 10.4 Å². The normalized spacial score (nSPS) is 12.1. The lowest BCUT2D eigenvalue weighted by atomic mass is 10.1. The summed E-state index contributed by atoms with van der Waals surface area (Å²) in [5.41, 5.74) is 3.60. The molecule has 2 aromatic heterocycles. The zero-order valence-electron chi connectivity index (χ0n) is 18.2. The van der Waals surface area contributed by atoms with Gasteiger partial charge in [-0.05, 0) is 49.2 Å². The van der Waals surface area contributed by atoms with Crippen LogP contribution in [0.3, 0.4) is 0 Å². The van der Waals surface area contributed by atoms with E-state index in [0.29, 0.717) is 29.5 Å². The van der Waals surface area contributed by atoms with Crippen LogP contribution in [-0.4, -0.2) is 34.6 Å². The van der Waals surface area contributed by atoms with Crippen LogP contribution in [0.1, 0.15) is 17.7 Å². The van der Waals surface area contributed by atoms with Crippen molar-refractivity contribution < 1.29 is 19.0 Å². The van der Waals surface area contributed by atoms with Crippen molar-refractivity contribution in [2.75, 3.05) is 19.2 Å². The second-order valence-electron chi connectivity index (χ2n) is 7.56. The van der Waals surface area contributed by atoms with Crippen molar-refractivity contribution in [3.8, 4) is 33.6 Å². The predicted octanol–water partition coefficient (Wildman–Crippen LogP) is 4.61. The Morgan fingerprint density at radius 1 is 1.15 bits per heavy atom. The van der Waals surface area contributed by atoms with Crippen LogP contribution >= 0.6 is 11.3 Å². The first-order chi connectivity index (χ1) is 16.1. The molecule has 0 spiro atoms. The standard InChI is InChI=1S/C24H22N4O4S/c1-15-11-22(26-23(29)10-5-16-3-7-18(30-2)8-4-16)28(27-15)24-25-19(13-33-24)17-6-9-20-21(12-17)32-14-31-20/h3-4,6-9,11-13H,5,10,14H2,1-2H3,(H,26,29). The first-order valence-corrected chi connectivity index (χ1v) is 11.3. The summed E-state index contributed by atoms with van der Waals surface area (Å²) in [5.74, 6) is 2.75. The predicted molar refractivity (Wildman–Crippen MR) is 125 cm³/mol. The van der Waals surface area contributed by atoms with Crippen LogP contribution in [-0.2, 0) is 11.2 Å². The van der Waals surface area contributed by atoms with Crippen LogP contribution in [0.25, 0.3) is 16.4 Å². The number of thiazole rings is 1. The van der Waals surface area contributed by atoms with E-state index in [9.17, 15) is 4.79 Å². The molecule has 168 valence electrons. The molecular formula is C24H22N4O4S. The third kappa shape index (κ3) is 4.54. The van der Waals surface area contributed by atoms with E-state index in [4.69, 9.17) is 19.2 Å². The average molecular weight is 463 g/mol. The summed E-state index contributed by atoms with van der Waals surface area (Å²) in [6.07, 6.45) is 0.991. The number of aromatic nitrogens is 3. The minimum Gasteiger partial charge on any atom is -0.497 e. The molecule has 3 heterocycles. The van der Waals surface area contributed by atoms with E-state index in [1.165, 1.54) is 11.3 Å². The van der Waals surface area contributed by atoms with E-state index in [0.717, 1.165) is 34.0 Å². The zero-order chi connectivity index (χ0) is 22.8. The van der Waals surface area contributed by atoms with E-state index in [1.54, 1.807) is 11.8 Å². The number of ether oxygens (including phenoxy) is 3. The highest BCUT2D eigenvalue weighted by molar-refractivity contribution is 7.12. The minimum absolute atomic E-state index is 0.0838. The monoisotopic (exact) mass is 462 g/mol. The second-order valence-corrected chi connectivity index (χ2v) is 8.40. The van der Waals surface area contributed by atoms with Crippen molar-refractivity contribution in [1.82, 2.24) is 14.8 Å². The third-order valence-electron chi connectivity index (χ3n) is 5.24. The first kappa shape index (κ1) is 21.0. The van der Waals surface area contributed by atoms with Gasteiger partial charge in [-0.2, -0.15) is 9.78 Å².